The molecule has 1 rings (SSSR count). The highest BCUT2D eigenvalue weighted by atomic mass is 79.9. The summed E-state index contributed by atoms with van der Waals surface area (Å²) in [6.07, 6.45) is 0.239. The molecule has 0 unspecified atom stereocenters. The van der Waals surface area contributed by atoms with Gasteiger partial charge in [-0.25, -0.2) is 9.18 Å². The van der Waals surface area contributed by atoms with Crippen molar-refractivity contribution in [2.45, 2.75) is 32.8 Å². The van der Waals surface area contributed by atoms with Gasteiger partial charge in [-0.05, 0) is 55.3 Å². The summed E-state index contributed by atoms with van der Waals surface area (Å²) in [6.45, 7) is 6.48. The number of hydrogen-bond acceptors (Lipinski definition) is 3. The van der Waals surface area contributed by atoms with Gasteiger partial charge in [0.15, 0.2) is 0 Å². The minimum absolute atomic E-state index is 0.307. The third-order valence-electron chi connectivity index (χ3n) is 2.33. The summed E-state index contributed by atoms with van der Waals surface area (Å²) in [5, 5.41) is 6.06. The standard InChI is InChI=1S/C14H19BrClFN2O2/c1-14(2,3)21-13(20)19-6-4-5-18-12-10(15)7-9(17)8-11(12)16/h7-8,18H,4-6H2,1-3H3,(H,19,20). The maximum atomic E-state index is 13.1. The van der Waals surface area contributed by atoms with E-state index in [0.29, 0.717) is 34.7 Å². The van der Waals surface area contributed by atoms with E-state index in [1.807, 2.05) is 20.8 Å². The number of anilines is 1. The van der Waals surface area contributed by atoms with Gasteiger partial charge in [0.05, 0.1) is 10.7 Å². The highest BCUT2D eigenvalue weighted by molar-refractivity contribution is 9.10. The molecule has 0 bridgehead atoms. The molecule has 2 N–H and O–H groups in total. The maximum Gasteiger partial charge on any atom is 0.407 e. The van der Waals surface area contributed by atoms with E-state index >= 15 is 0 Å². The van der Waals surface area contributed by atoms with Crippen molar-refractivity contribution in [2.75, 3.05) is 18.4 Å². The van der Waals surface area contributed by atoms with Crippen molar-refractivity contribution in [3.05, 3.63) is 27.4 Å². The Morgan fingerprint density at radius 1 is 1.38 bits per heavy atom. The number of carbonyl (C=O) groups is 1. The van der Waals surface area contributed by atoms with Gasteiger partial charge in [-0.3, -0.25) is 0 Å². The zero-order valence-electron chi connectivity index (χ0n) is 12.2. The molecule has 0 radical (unpaired) electrons. The Hall–Kier alpha value is -1.01. The number of amides is 1. The Kier molecular flexibility index (Phi) is 6.74. The Labute approximate surface area is 137 Å². The van der Waals surface area contributed by atoms with Crippen LogP contribution >= 0.6 is 27.5 Å². The summed E-state index contributed by atoms with van der Waals surface area (Å²) >= 11 is 9.20. The van der Waals surface area contributed by atoms with E-state index in [1.165, 1.54) is 12.1 Å². The summed E-state index contributed by atoms with van der Waals surface area (Å²) in [5.41, 5.74) is 0.129. The fourth-order valence-corrected chi connectivity index (χ4v) is 2.48. The lowest BCUT2D eigenvalue weighted by molar-refractivity contribution is 0.0528. The lowest BCUT2D eigenvalue weighted by Crippen LogP contribution is -2.33. The van der Waals surface area contributed by atoms with Gasteiger partial charge >= 0.3 is 6.09 Å². The minimum Gasteiger partial charge on any atom is -0.444 e. The van der Waals surface area contributed by atoms with Crippen molar-refractivity contribution >= 4 is 39.3 Å². The van der Waals surface area contributed by atoms with Crippen molar-refractivity contribution in [2.24, 2.45) is 0 Å². The van der Waals surface area contributed by atoms with Crippen LogP contribution in [0.4, 0.5) is 14.9 Å². The summed E-state index contributed by atoms with van der Waals surface area (Å²) in [5.74, 6) is -0.399. The van der Waals surface area contributed by atoms with Crippen LogP contribution in [0.15, 0.2) is 16.6 Å². The molecule has 0 spiro atoms. The van der Waals surface area contributed by atoms with Gasteiger partial charge in [0, 0.05) is 17.6 Å². The molecular formula is C14H19BrClFN2O2. The summed E-state index contributed by atoms with van der Waals surface area (Å²) in [7, 11) is 0. The highest BCUT2D eigenvalue weighted by Crippen LogP contribution is 2.31. The van der Waals surface area contributed by atoms with Crippen LogP contribution < -0.4 is 10.6 Å². The number of ether oxygens (including phenoxy) is 1. The number of alkyl carbamates (subject to hydrolysis) is 1. The van der Waals surface area contributed by atoms with Crippen molar-refractivity contribution in [3.63, 3.8) is 0 Å². The van der Waals surface area contributed by atoms with Crippen LogP contribution in [-0.4, -0.2) is 24.8 Å². The molecular weight excluding hydrogens is 363 g/mol. The molecule has 0 saturated carbocycles. The van der Waals surface area contributed by atoms with Gasteiger partial charge in [0.1, 0.15) is 11.4 Å². The molecule has 1 aromatic rings. The van der Waals surface area contributed by atoms with E-state index < -0.39 is 17.5 Å². The smallest absolute Gasteiger partial charge is 0.407 e. The van der Waals surface area contributed by atoms with Crippen LogP contribution in [0.2, 0.25) is 5.02 Å². The average molecular weight is 382 g/mol. The van der Waals surface area contributed by atoms with E-state index in [9.17, 15) is 9.18 Å². The molecule has 0 aromatic heterocycles. The first kappa shape index (κ1) is 18.0. The molecule has 4 nitrogen and oxygen atoms in total. The van der Waals surface area contributed by atoms with Crippen LogP contribution in [0, 0.1) is 5.82 Å². The van der Waals surface area contributed by atoms with Gasteiger partial charge in [-0.15, -0.1) is 0 Å². The summed E-state index contributed by atoms with van der Waals surface area (Å²) < 4.78 is 18.7. The minimum atomic E-state index is -0.505. The van der Waals surface area contributed by atoms with Crippen LogP contribution in [-0.2, 0) is 4.74 Å². The SMILES string of the molecule is CC(C)(C)OC(=O)NCCCNc1c(Cl)cc(F)cc1Br. The lowest BCUT2D eigenvalue weighted by atomic mass is 10.2. The molecule has 0 aliphatic rings. The largest absolute Gasteiger partial charge is 0.444 e. The predicted molar refractivity (Wildman–Crippen MR) is 86.5 cm³/mol. The average Bonchev–Trinajstić information content (AvgIpc) is 2.29. The number of halogens is 3. The van der Waals surface area contributed by atoms with E-state index in [2.05, 4.69) is 26.6 Å². The van der Waals surface area contributed by atoms with Gasteiger partial charge < -0.3 is 15.4 Å². The molecule has 0 aliphatic carbocycles. The Balaban J connectivity index is 2.31. The van der Waals surface area contributed by atoms with E-state index in [4.69, 9.17) is 16.3 Å². The molecule has 118 valence electrons. The molecule has 0 saturated heterocycles. The fourth-order valence-electron chi connectivity index (χ4n) is 1.52. The molecule has 21 heavy (non-hydrogen) atoms. The summed E-state index contributed by atoms with van der Waals surface area (Å²) in [4.78, 5) is 11.4. The molecule has 0 fully saturated rings. The van der Waals surface area contributed by atoms with Crippen molar-refractivity contribution in [3.8, 4) is 0 Å². The number of hydrogen-bond donors (Lipinski definition) is 2. The quantitative estimate of drug-likeness (QED) is 0.735. The van der Waals surface area contributed by atoms with Crippen LogP contribution in [0.1, 0.15) is 27.2 Å². The van der Waals surface area contributed by atoms with Crippen LogP contribution in [0.3, 0.4) is 0 Å². The lowest BCUT2D eigenvalue weighted by Gasteiger charge is -2.19. The van der Waals surface area contributed by atoms with Crippen LogP contribution in [0.5, 0.6) is 0 Å². The third-order valence-corrected chi connectivity index (χ3v) is 3.25. The van der Waals surface area contributed by atoms with Crippen molar-refractivity contribution in [1.29, 1.82) is 0 Å². The Morgan fingerprint density at radius 3 is 2.62 bits per heavy atom. The second-order valence-corrected chi connectivity index (χ2v) is 6.71. The number of nitrogens with one attached hydrogen (secondary N) is 2. The second-order valence-electron chi connectivity index (χ2n) is 5.45. The number of rotatable bonds is 5. The molecule has 0 heterocycles. The molecule has 0 atom stereocenters. The number of benzene rings is 1. The zero-order chi connectivity index (χ0) is 16.0. The summed E-state index contributed by atoms with van der Waals surface area (Å²) in [6, 6.07) is 2.58. The maximum absolute atomic E-state index is 13.1. The van der Waals surface area contributed by atoms with E-state index in [1.54, 1.807) is 0 Å². The first-order chi connectivity index (χ1) is 9.69. The van der Waals surface area contributed by atoms with Crippen molar-refractivity contribution in [1.82, 2.24) is 5.32 Å². The van der Waals surface area contributed by atoms with Gasteiger partial charge in [0.2, 0.25) is 0 Å². The van der Waals surface area contributed by atoms with Crippen LogP contribution in [0.25, 0.3) is 0 Å². The normalized spacial score (nSPS) is 11.1. The van der Waals surface area contributed by atoms with Crippen molar-refractivity contribution < 1.29 is 13.9 Å². The zero-order valence-corrected chi connectivity index (χ0v) is 14.6. The second kappa shape index (κ2) is 7.84. The Morgan fingerprint density at radius 2 is 2.05 bits per heavy atom. The van der Waals surface area contributed by atoms with Gasteiger partial charge in [0.25, 0.3) is 0 Å². The first-order valence-electron chi connectivity index (χ1n) is 6.54. The highest BCUT2D eigenvalue weighted by Gasteiger charge is 2.15. The predicted octanol–water partition coefficient (Wildman–Crippen LogP) is 4.57. The van der Waals surface area contributed by atoms with Gasteiger partial charge in [-0.1, -0.05) is 11.6 Å². The topological polar surface area (TPSA) is 50.4 Å². The fraction of sp³-hybridized carbons (Fsp3) is 0.500. The molecule has 1 amide bonds. The molecule has 0 aliphatic heterocycles. The Bertz CT molecular complexity index is 483. The molecule has 7 heteroatoms. The van der Waals surface area contributed by atoms with Gasteiger partial charge in [-0.2, -0.15) is 0 Å². The monoisotopic (exact) mass is 380 g/mol. The number of carbonyl (C=O) groups excluding carboxylic acids is 1. The third kappa shape index (κ3) is 7.00. The molecule has 1 aromatic carbocycles. The first-order valence-corrected chi connectivity index (χ1v) is 7.71. The van der Waals surface area contributed by atoms with E-state index in [-0.39, 0.29) is 0 Å². The van der Waals surface area contributed by atoms with E-state index in [0.717, 1.165) is 0 Å².